The number of rotatable bonds is 12. The predicted octanol–water partition coefficient (Wildman–Crippen LogP) is 7.99. The Labute approximate surface area is 229 Å². The summed E-state index contributed by atoms with van der Waals surface area (Å²) in [6.07, 6.45) is 7.78. The molecule has 0 spiro atoms. The molecule has 0 amide bonds. The summed E-state index contributed by atoms with van der Waals surface area (Å²) in [5.41, 5.74) is 4.56. The van der Waals surface area contributed by atoms with E-state index in [0.717, 1.165) is 40.6 Å². The van der Waals surface area contributed by atoms with Gasteiger partial charge in [0.1, 0.15) is 22.5 Å². The summed E-state index contributed by atoms with van der Waals surface area (Å²) in [5.74, 6) is -0.0276. The molecule has 2 heterocycles. The van der Waals surface area contributed by atoms with E-state index in [9.17, 15) is 9.90 Å². The molecule has 0 unspecified atom stereocenters. The van der Waals surface area contributed by atoms with Crippen molar-refractivity contribution in [3.63, 3.8) is 0 Å². The van der Waals surface area contributed by atoms with Gasteiger partial charge in [-0.3, -0.25) is 4.79 Å². The van der Waals surface area contributed by atoms with Gasteiger partial charge in [-0.2, -0.15) is 0 Å². The Hall–Kier alpha value is -3.19. The molecule has 0 aliphatic rings. The molecule has 2 aromatic heterocycles. The fourth-order valence-electron chi connectivity index (χ4n) is 4.55. The van der Waals surface area contributed by atoms with Gasteiger partial charge in [0.05, 0.1) is 6.61 Å². The number of aromatic hydroxyl groups is 1. The molecule has 7 heteroatoms. The molecule has 0 atom stereocenters. The second-order valence-corrected chi connectivity index (χ2v) is 11.9. The van der Waals surface area contributed by atoms with Crippen LogP contribution < -0.4 is 0 Å². The fraction of sp³-hybridized carbons (Fsp3) is 0.452. The van der Waals surface area contributed by atoms with Crippen LogP contribution in [0.15, 0.2) is 47.8 Å². The summed E-state index contributed by atoms with van der Waals surface area (Å²) in [6, 6.07) is 14.0. The minimum Gasteiger partial charge on any atom is -0.505 e. The number of nitrogens with zero attached hydrogens (tertiary/aromatic N) is 3. The van der Waals surface area contributed by atoms with Gasteiger partial charge in [0.25, 0.3) is 0 Å². The van der Waals surface area contributed by atoms with E-state index in [0.29, 0.717) is 25.1 Å². The zero-order chi connectivity index (χ0) is 27.1. The lowest BCUT2D eigenvalue weighted by molar-refractivity contribution is -0.143. The highest BCUT2D eigenvalue weighted by molar-refractivity contribution is 7.13. The number of phenols is 1. The zero-order valence-corrected chi connectivity index (χ0v) is 23.8. The summed E-state index contributed by atoms with van der Waals surface area (Å²) in [4.78, 5) is 15.1. The molecule has 1 N–H and O–H groups in total. The van der Waals surface area contributed by atoms with Crippen molar-refractivity contribution in [1.82, 2.24) is 15.0 Å². The minimum absolute atomic E-state index is 0.158. The van der Waals surface area contributed by atoms with E-state index < -0.39 is 0 Å². The van der Waals surface area contributed by atoms with Crippen LogP contribution in [-0.4, -0.2) is 32.7 Å². The average Bonchev–Trinajstić information content (AvgIpc) is 3.56. The Morgan fingerprint density at radius 3 is 2.50 bits per heavy atom. The second-order valence-electron chi connectivity index (χ2n) is 10.9. The van der Waals surface area contributed by atoms with Gasteiger partial charge in [0.15, 0.2) is 0 Å². The lowest BCUT2D eigenvalue weighted by Crippen LogP contribution is -2.14. The standard InChI is InChI=1S/C31H39N3O3S/c1-5-6-7-8-9-10-17-37-29(35)16-13-22-19-24(31(2,3)4)30(36)27(20-22)34-32-25-15-14-23(21-26(25)33-34)28-12-11-18-38-28/h11-12,14-15,18-21,36H,5-10,13,16-17H2,1-4H3. The molecule has 38 heavy (non-hydrogen) atoms. The van der Waals surface area contributed by atoms with Gasteiger partial charge in [-0.1, -0.05) is 78.0 Å². The summed E-state index contributed by atoms with van der Waals surface area (Å²) < 4.78 is 5.47. The molecule has 0 saturated carbocycles. The molecule has 0 aliphatic heterocycles. The molecule has 0 saturated heterocycles. The maximum Gasteiger partial charge on any atom is 0.306 e. The molecule has 0 aliphatic carbocycles. The molecule has 0 radical (unpaired) electrons. The molecule has 202 valence electrons. The van der Waals surface area contributed by atoms with Gasteiger partial charge in [-0.15, -0.1) is 26.3 Å². The van der Waals surface area contributed by atoms with E-state index in [1.54, 1.807) is 11.3 Å². The van der Waals surface area contributed by atoms with Crippen LogP contribution in [0, 0.1) is 0 Å². The molecular formula is C31H39N3O3S. The van der Waals surface area contributed by atoms with Crippen LogP contribution in [-0.2, 0) is 21.4 Å². The Morgan fingerprint density at radius 2 is 1.76 bits per heavy atom. The Kier molecular flexibility index (Phi) is 9.21. The Balaban J connectivity index is 1.50. The van der Waals surface area contributed by atoms with Crippen LogP contribution in [0.3, 0.4) is 0 Å². The maximum atomic E-state index is 12.4. The number of aryl methyl sites for hydroxylation is 1. The van der Waals surface area contributed by atoms with Crippen LogP contribution in [0.5, 0.6) is 5.75 Å². The van der Waals surface area contributed by atoms with E-state index in [1.165, 1.54) is 35.4 Å². The largest absolute Gasteiger partial charge is 0.505 e. The first-order valence-corrected chi connectivity index (χ1v) is 14.6. The first-order valence-electron chi connectivity index (χ1n) is 13.7. The number of unbranched alkanes of at least 4 members (excludes halogenated alkanes) is 5. The number of carbonyl (C=O) groups excluding carboxylic acids is 1. The van der Waals surface area contributed by atoms with Crippen molar-refractivity contribution in [3.05, 3.63) is 59.0 Å². The van der Waals surface area contributed by atoms with Crippen molar-refractivity contribution in [2.45, 2.75) is 84.5 Å². The summed E-state index contributed by atoms with van der Waals surface area (Å²) in [6.45, 7) is 8.87. The summed E-state index contributed by atoms with van der Waals surface area (Å²) in [7, 11) is 0. The van der Waals surface area contributed by atoms with E-state index in [2.05, 4.69) is 44.2 Å². The topological polar surface area (TPSA) is 77.2 Å². The van der Waals surface area contributed by atoms with Gasteiger partial charge in [-0.25, -0.2) is 0 Å². The van der Waals surface area contributed by atoms with E-state index in [-0.39, 0.29) is 17.1 Å². The number of carbonyl (C=O) groups is 1. The predicted molar refractivity (Wildman–Crippen MR) is 155 cm³/mol. The van der Waals surface area contributed by atoms with Crippen molar-refractivity contribution in [2.75, 3.05) is 6.61 Å². The first-order chi connectivity index (χ1) is 18.3. The zero-order valence-electron chi connectivity index (χ0n) is 23.0. The monoisotopic (exact) mass is 533 g/mol. The molecule has 0 bridgehead atoms. The molecule has 4 rings (SSSR count). The number of benzene rings is 2. The van der Waals surface area contributed by atoms with Gasteiger partial charge in [0, 0.05) is 16.9 Å². The van der Waals surface area contributed by atoms with E-state index >= 15 is 0 Å². The van der Waals surface area contributed by atoms with Gasteiger partial charge >= 0.3 is 5.97 Å². The number of hydrogen-bond acceptors (Lipinski definition) is 6. The van der Waals surface area contributed by atoms with Crippen molar-refractivity contribution >= 4 is 28.3 Å². The van der Waals surface area contributed by atoms with Crippen LogP contribution in [0.25, 0.3) is 27.2 Å². The Morgan fingerprint density at radius 1 is 1.00 bits per heavy atom. The van der Waals surface area contributed by atoms with Gasteiger partial charge < -0.3 is 9.84 Å². The number of esters is 1. The lowest BCUT2D eigenvalue weighted by Gasteiger charge is -2.23. The minimum atomic E-state index is -0.300. The van der Waals surface area contributed by atoms with Gasteiger partial charge in [-0.05, 0) is 59.0 Å². The maximum absolute atomic E-state index is 12.4. The smallest absolute Gasteiger partial charge is 0.306 e. The third-order valence-electron chi connectivity index (χ3n) is 6.74. The summed E-state index contributed by atoms with van der Waals surface area (Å²) in [5, 5.41) is 22.7. The number of thiophene rings is 1. The number of phenolic OH excluding ortho intramolecular Hbond substituents is 1. The van der Waals surface area contributed by atoms with Crippen LogP contribution in [0.4, 0.5) is 0 Å². The summed E-state index contributed by atoms with van der Waals surface area (Å²) >= 11 is 1.68. The number of hydrogen-bond donors (Lipinski definition) is 1. The Bertz CT molecular complexity index is 1350. The van der Waals surface area contributed by atoms with Crippen molar-refractivity contribution in [1.29, 1.82) is 0 Å². The normalized spacial score (nSPS) is 11.8. The number of ether oxygens (including phenoxy) is 1. The number of aromatic nitrogens is 3. The third-order valence-corrected chi connectivity index (χ3v) is 7.66. The second kappa shape index (κ2) is 12.6. The number of fused-ring (bicyclic) bond motifs is 1. The van der Waals surface area contributed by atoms with Crippen LogP contribution >= 0.6 is 11.3 Å². The quantitative estimate of drug-likeness (QED) is 0.147. The van der Waals surface area contributed by atoms with E-state index in [1.807, 2.05) is 36.4 Å². The highest BCUT2D eigenvalue weighted by Crippen LogP contribution is 2.37. The van der Waals surface area contributed by atoms with E-state index in [4.69, 9.17) is 9.84 Å². The molecule has 6 nitrogen and oxygen atoms in total. The average molecular weight is 534 g/mol. The van der Waals surface area contributed by atoms with Crippen molar-refractivity contribution in [2.24, 2.45) is 0 Å². The lowest BCUT2D eigenvalue weighted by atomic mass is 9.84. The molecular weight excluding hydrogens is 494 g/mol. The third kappa shape index (κ3) is 7.01. The molecule has 0 fully saturated rings. The first kappa shape index (κ1) is 27.8. The molecule has 4 aromatic rings. The van der Waals surface area contributed by atoms with Crippen molar-refractivity contribution < 1.29 is 14.6 Å². The van der Waals surface area contributed by atoms with Crippen LogP contribution in [0.1, 0.15) is 83.8 Å². The SMILES string of the molecule is CCCCCCCCOC(=O)CCc1cc(-n2nc3ccc(-c4cccs4)cc3n2)c(O)c(C(C)(C)C)c1. The highest BCUT2D eigenvalue weighted by atomic mass is 32.1. The van der Waals surface area contributed by atoms with Gasteiger partial charge in [0.2, 0.25) is 0 Å². The molecule has 2 aromatic carbocycles. The highest BCUT2D eigenvalue weighted by Gasteiger charge is 2.23. The van der Waals surface area contributed by atoms with Crippen LogP contribution in [0.2, 0.25) is 0 Å². The fourth-order valence-corrected chi connectivity index (χ4v) is 5.28. The van der Waals surface area contributed by atoms with Crippen molar-refractivity contribution in [3.8, 4) is 21.9 Å².